The number of ketones is 1. The van der Waals surface area contributed by atoms with Crippen molar-refractivity contribution in [3.05, 3.63) is 120 Å². The van der Waals surface area contributed by atoms with Crippen molar-refractivity contribution in [3.8, 4) is 0 Å². The molecule has 4 rings (SSSR count). The van der Waals surface area contributed by atoms with E-state index in [0.717, 1.165) is 16.3 Å². The lowest BCUT2D eigenvalue weighted by molar-refractivity contribution is 0.0913. The predicted octanol–water partition coefficient (Wildman–Crippen LogP) is 5.58. The second kappa shape index (κ2) is 8.53. The first kappa shape index (κ1) is 18.6. The lowest BCUT2D eigenvalue weighted by Gasteiger charge is -2.21. The minimum atomic E-state index is -0.429. The van der Waals surface area contributed by atoms with E-state index in [1.165, 1.54) is 0 Å². The first-order chi connectivity index (χ1) is 14.2. The van der Waals surface area contributed by atoms with Gasteiger partial charge in [-0.3, -0.25) is 9.59 Å². The van der Waals surface area contributed by atoms with Gasteiger partial charge in [-0.1, -0.05) is 91.0 Å². The zero-order chi connectivity index (χ0) is 20.1. The number of rotatable bonds is 6. The number of nitrogens with one attached hydrogen (secondary N) is 1. The summed E-state index contributed by atoms with van der Waals surface area (Å²) in [5.74, 6) is -0.193. The van der Waals surface area contributed by atoms with Crippen LogP contribution >= 0.6 is 0 Å². The van der Waals surface area contributed by atoms with E-state index < -0.39 is 6.04 Å². The van der Waals surface area contributed by atoms with Gasteiger partial charge in [0.2, 0.25) is 0 Å². The molecule has 0 aromatic heterocycles. The molecule has 0 heterocycles. The van der Waals surface area contributed by atoms with Crippen LogP contribution in [0.5, 0.6) is 0 Å². The quantitative estimate of drug-likeness (QED) is 0.444. The molecule has 0 aliphatic heterocycles. The maximum Gasteiger partial charge on any atom is 0.251 e. The molecular weight excluding hydrogens is 358 g/mol. The molecule has 0 unspecified atom stereocenters. The van der Waals surface area contributed by atoms with Gasteiger partial charge in [0.1, 0.15) is 0 Å². The Balaban J connectivity index is 1.70. The minimum Gasteiger partial charge on any atom is -0.345 e. The molecule has 0 bridgehead atoms. The van der Waals surface area contributed by atoms with E-state index >= 15 is 0 Å². The van der Waals surface area contributed by atoms with Crippen molar-refractivity contribution in [3.63, 3.8) is 0 Å². The van der Waals surface area contributed by atoms with Crippen LogP contribution in [-0.4, -0.2) is 11.7 Å². The Morgan fingerprint density at radius 3 is 1.97 bits per heavy atom. The van der Waals surface area contributed by atoms with Crippen LogP contribution in [0.25, 0.3) is 10.8 Å². The Labute approximate surface area is 170 Å². The highest BCUT2D eigenvalue weighted by molar-refractivity contribution is 5.99. The van der Waals surface area contributed by atoms with E-state index in [1.54, 1.807) is 12.1 Å². The van der Waals surface area contributed by atoms with E-state index in [2.05, 4.69) is 5.32 Å². The van der Waals surface area contributed by atoms with Gasteiger partial charge in [-0.25, -0.2) is 0 Å². The lowest BCUT2D eigenvalue weighted by atomic mass is 9.93. The zero-order valence-electron chi connectivity index (χ0n) is 15.9. The van der Waals surface area contributed by atoms with Crippen LogP contribution in [0.1, 0.15) is 38.7 Å². The average Bonchev–Trinajstić information content (AvgIpc) is 2.79. The first-order valence-electron chi connectivity index (χ1n) is 9.64. The van der Waals surface area contributed by atoms with E-state index in [9.17, 15) is 9.59 Å². The Kier molecular flexibility index (Phi) is 5.48. The number of Topliss-reactive ketones (excluding diaryl/α,β-unsaturated/α-hetero) is 1. The molecule has 0 aliphatic rings. The number of fused-ring (bicyclic) bond motifs is 1. The van der Waals surface area contributed by atoms with Crippen molar-refractivity contribution in [1.29, 1.82) is 0 Å². The summed E-state index contributed by atoms with van der Waals surface area (Å²) in [7, 11) is 0. The van der Waals surface area contributed by atoms with Crippen molar-refractivity contribution in [2.75, 3.05) is 0 Å². The highest BCUT2D eigenvalue weighted by Crippen LogP contribution is 2.28. The maximum absolute atomic E-state index is 12.9. The number of carbonyl (C=O) groups is 2. The smallest absolute Gasteiger partial charge is 0.251 e. The fourth-order valence-electron chi connectivity index (χ4n) is 3.55. The zero-order valence-corrected chi connectivity index (χ0v) is 15.9. The predicted molar refractivity (Wildman–Crippen MR) is 116 cm³/mol. The summed E-state index contributed by atoms with van der Waals surface area (Å²) in [6, 6.07) is 31.9. The summed E-state index contributed by atoms with van der Waals surface area (Å²) in [4.78, 5) is 25.8. The molecule has 0 saturated carbocycles. The molecule has 0 saturated heterocycles. The van der Waals surface area contributed by atoms with Crippen LogP contribution in [0.15, 0.2) is 103 Å². The van der Waals surface area contributed by atoms with Gasteiger partial charge >= 0.3 is 0 Å². The summed E-state index contributed by atoms with van der Waals surface area (Å²) in [5, 5.41) is 5.20. The van der Waals surface area contributed by atoms with E-state index in [0.29, 0.717) is 11.1 Å². The van der Waals surface area contributed by atoms with Gasteiger partial charge < -0.3 is 5.32 Å². The summed E-state index contributed by atoms with van der Waals surface area (Å²) in [6.45, 7) is 0. The minimum absolute atomic E-state index is 0.00287. The highest BCUT2D eigenvalue weighted by Gasteiger charge is 2.21. The maximum atomic E-state index is 12.9. The number of hydrogen-bond acceptors (Lipinski definition) is 2. The molecule has 3 heteroatoms. The van der Waals surface area contributed by atoms with Crippen LogP contribution in [0.3, 0.4) is 0 Å². The van der Waals surface area contributed by atoms with E-state index in [4.69, 9.17) is 0 Å². The van der Waals surface area contributed by atoms with Crippen molar-refractivity contribution in [1.82, 2.24) is 5.32 Å². The molecule has 29 heavy (non-hydrogen) atoms. The lowest BCUT2D eigenvalue weighted by Crippen LogP contribution is -2.30. The largest absolute Gasteiger partial charge is 0.345 e. The van der Waals surface area contributed by atoms with Crippen LogP contribution in [0.2, 0.25) is 0 Å². The Hall–Kier alpha value is -3.72. The molecule has 1 atom stereocenters. The third-order valence-corrected chi connectivity index (χ3v) is 5.03. The van der Waals surface area contributed by atoms with E-state index in [-0.39, 0.29) is 18.1 Å². The van der Waals surface area contributed by atoms with Crippen LogP contribution in [0, 0.1) is 0 Å². The highest BCUT2D eigenvalue weighted by atomic mass is 16.2. The molecule has 4 aromatic carbocycles. The number of hydrogen-bond donors (Lipinski definition) is 1. The molecule has 3 nitrogen and oxygen atoms in total. The first-order valence-corrected chi connectivity index (χ1v) is 9.64. The van der Waals surface area contributed by atoms with Gasteiger partial charge in [-0.15, -0.1) is 0 Å². The summed E-state index contributed by atoms with van der Waals surface area (Å²) < 4.78 is 0. The molecule has 0 fully saturated rings. The number of carbonyl (C=O) groups excluding carboxylic acids is 2. The molecule has 0 aliphatic carbocycles. The normalized spacial score (nSPS) is 11.7. The molecule has 0 spiro atoms. The van der Waals surface area contributed by atoms with Crippen LogP contribution in [-0.2, 0) is 0 Å². The van der Waals surface area contributed by atoms with Gasteiger partial charge in [-0.2, -0.15) is 0 Å². The second-order valence-corrected chi connectivity index (χ2v) is 6.95. The van der Waals surface area contributed by atoms with Gasteiger partial charge in [-0.05, 0) is 28.5 Å². The molecular formula is C26H21NO2. The second-order valence-electron chi connectivity index (χ2n) is 6.95. The summed E-state index contributed by atoms with van der Waals surface area (Å²) in [5.41, 5.74) is 2.16. The van der Waals surface area contributed by atoms with Gasteiger partial charge in [0, 0.05) is 17.5 Å². The standard InChI is InChI=1S/C26H21NO2/c28-25(20-11-3-1-4-12-20)18-24(27-26(29)21-13-5-2-6-14-21)23-17-9-15-19-10-7-8-16-22(19)23/h1-17,24H,18H2,(H,27,29)/t24-/m0/s1. The molecule has 1 amide bonds. The van der Waals surface area contributed by atoms with Crippen LogP contribution in [0.4, 0.5) is 0 Å². The van der Waals surface area contributed by atoms with Gasteiger partial charge in [0.15, 0.2) is 5.78 Å². The fraction of sp³-hybridized carbons (Fsp3) is 0.0769. The Bertz CT molecular complexity index is 1080. The van der Waals surface area contributed by atoms with Gasteiger partial charge in [0.25, 0.3) is 5.91 Å². The van der Waals surface area contributed by atoms with Crippen LogP contribution < -0.4 is 5.32 Å². The number of benzene rings is 4. The summed E-state index contributed by atoms with van der Waals surface area (Å²) >= 11 is 0. The third-order valence-electron chi connectivity index (χ3n) is 5.03. The monoisotopic (exact) mass is 379 g/mol. The van der Waals surface area contributed by atoms with Crippen molar-refractivity contribution in [2.24, 2.45) is 0 Å². The topological polar surface area (TPSA) is 46.2 Å². The molecule has 4 aromatic rings. The molecule has 0 radical (unpaired) electrons. The van der Waals surface area contributed by atoms with Crippen molar-refractivity contribution < 1.29 is 9.59 Å². The Morgan fingerprint density at radius 1 is 0.655 bits per heavy atom. The number of amides is 1. The molecule has 1 N–H and O–H groups in total. The fourth-order valence-corrected chi connectivity index (χ4v) is 3.55. The Morgan fingerprint density at radius 2 is 1.24 bits per heavy atom. The van der Waals surface area contributed by atoms with E-state index in [1.807, 2.05) is 91.0 Å². The average molecular weight is 379 g/mol. The SMILES string of the molecule is O=C(C[C@H](NC(=O)c1ccccc1)c1cccc2ccccc12)c1ccccc1. The third kappa shape index (κ3) is 4.25. The van der Waals surface area contributed by atoms with Crippen molar-refractivity contribution in [2.45, 2.75) is 12.5 Å². The molecule has 142 valence electrons. The van der Waals surface area contributed by atoms with Gasteiger partial charge in [0.05, 0.1) is 6.04 Å². The summed E-state index contributed by atoms with van der Waals surface area (Å²) in [6.07, 6.45) is 0.191. The van der Waals surface area contributed by atoms with Crippen molar-refractivity contribution >= 4 is 22.5 Å².